The Hall–Kier alpha value is -2.57. The van der Waals surface area contributed by atoms with Crippen molar-refractivity contribution in [3.8, 4) is 5.75 Å². The van der Waals surface area contributed by atoms with Gasteiger partial charge in [-0.1, -0.05) is 42.5 Å². The normalized spacial score (nSPS) is 14.4. The van der Waals surface area contributed by atoms with Gasteiger partial charge in [-0.3, -0.25) is 4.90 Å². The van der Waals surface area contributed by atoms with Gasteiger partial charge in [0.25, 0.3) is 0 Å². The summed E-state index contributed by atoms with van der Waals surface area (Å²) in [4.78, 5) is 14.4. The summed E-state index contributed by atoms with van der Waals surface area (Å²) < 4.78 is 11.0. The van der Waals surface area contributed by atoms with Gasteiger partial charge in [0, 0.05) is 32.7 Å². The second-order valence-corrected chi connectivity index (χ2v) is 6.78. The highest BCUT2D eigenvalue weighted by atomic mass is 16.5. The van der Waals surface area contributed by atoms with Gasteiger partial charge in [0.2, 0.25) is 0 Å². The van der Waals surface area contributed by atoms with Crippen LogP contribution in [0.5, 0.6) is 5.75 Å². The van der Waals surface area contributed by atoms with Gasteiger partial charge in [-0.25, -0.2) is 4.79 Å². The summed E-state index contributed by atoms with van der Waals surface area (Å²) in [6, 6.07) is 17.8. The molecule has 0 bridgehead atoms. The maximum Gasteiger partial charge on any atom is 0.315 e. The number of ether oxygens (including phenoxy) is 2. The third kappa shape index (κ3) is 6.87. The van der Waals surface area contributed by atoms with E-state index < -0.39 is 0 Å². The first-order valence-corrected chi connectivity index (χ1v) is 9.88. The van der Waals surface area contributed by atoms with E-state index >= 15 is 0 Å². The number of nitrogens with zero attached hydrogens (tertiary/aromatic N) is 1. The van der Waals surface area contributed by atoms with Crippen LogP contribution >= 0.6 is 0 Å². The van der Waals surface area contributed by atoms with Crippen molar-refractivity contribution in [2.75, 3.05) is 39.5 Å². The molecule has 0 spiro atoms. The van der Waals surface area contributed by atoms with Crippen LogP contribution in [0.4, 0.5) is 4.79 Å². The molecule has 1 aliphatic heterocycles. The van der Waals surface area contributed by atoms with Gasteiger partial charge in [0.1, 0.15) is 5.75 Å². The lowest BCUT2D eigenvalue weighted by molar-refractivity contribution is 0.0341. The van der Waals surface area contributed by atoms with Crippen molar-refractivity contribution in [1.29, 1.82) is 0 Å². The molecule has 1 heterocycles. The van der Waals surface area contributed by atoms with Crippen molar-refractivity contribution < 1.29 is 14.3 Å². The molecule has 150 valence electrons. The molecule has 0 aliphatic carbocycles. The number of carbonyl (C=O) groups excluding carboxylic acids is 1. The summed E-state index contributed by atoms with van der Waals surface area (Å²) in [5.41, 5.74) is 2.40. The van der Waals surface area contributed by atoms with E-state index in [1.807, 2.05) is 42.5 Å². The van der Waals surface area contributed by atoms with Crippen LogP contribution in [0.15, 0.2) is 54.6 Å². The highest BCUT2D eigenvalue weighted by Gasteiger charge is 2.13. The fourth-order valence-electron chi connectivity index (χ4n) is 3.10. The van der Waals surface area contributed by atoms with E-state index in [2.05, 4.69) is 27.7 Å². The van der Waals surface area contributed by atoms with Gasteiger partial charge in [0.15, 0.2) is 0 Å². The highest BCUT2D eigenvalue weighted by molar-refractivity contribution is 5.73. The number of urea groups is 1. The van der Waals surface area contributed by atoms with Crippen LogP contribution in [-0.2, 0) is 17.8 Å². The predicted molar refractivity (Wildman–Crippen MR) is 109 cm³/mol. The topological polar surface area (TPSA) is 62.8 Å². The molecule has 2 aromatic rings. The molecule has 0 saturated carbocycles. The van der Waals surface area contributed by atoms with E-state index in [4.69, 9.17) is 9.47 Å². The number of carbonyl (C=O) groups is 1. The maximum atomic E-state index is 12.1. The fraction of sp³-hybridized carbons (Fsp3) is 0.409. The Morgan fingerprint density at radius 1 is 0.964 bits per heavy atom. The molecule has 2 N–H and O–H groups in total. The summed E-state index contributed by atoms with van der Waals surface area (Å²) in [6.07, 6.45) is 0.760. The Labute approximate surface area is 166 Å². The standard InChI is InChI=1S/C22H29N3O3/c26-22(23-11-6-14-28-21-9-2-1-3-10-21)24-17-19-7-4-5-8-20(19)18-25-12-15-27-16-13-25/h1-5,7-10H,6,11-18H2,(H2,23,24,26). The monoisotopic (exact) mass is 383 g/mol. The molecule has 1 aliphatic rings. The zero-order valence-electron chi connectivity index (χ0n) is 16.2. The molecule has 6 heteroatoms. The number of benzene rings is 2. The van der Waals surface area contributed by atoms with Gasteiger partial charge in [-0.2, -0.15) is 0 Å². The second kappa shape index (κ2) is 11.3. The van der Waals surface area contributed by atoms with Gasteiger partial charge >= 0.3 is 6.03 Å². The zero-order chi connectivity index (χ0) is 19.4. The number of rotatable bonds is 9. The van der Waals surface area contributed by atoms with Crippen LogP contribution < -0.4 is 15.4 Å². The Kier molecular flexibility index (Phi) is 8.15. The van der Waals surface area contributed by atoms with E-state index in [0.717, 1.165) is 50.6 Å². The van der Waals surface area contributed by atoms with E-state index in [1.54, 1.807) is 0 Å². The Balaban J connectivity index is 1.35. The van der Waals surface area contributed by atoms with Crippen molar-refractivity contribution in [2.24, 2.45) is 0 Å². The summed E-state index contributed by atoms with van der Waals surface area (Å²) in [7, 11) is 0. The average molecular weight is 383 g/mol. The van der Waals surface area contributed by atoms with Crippen molar-refractivity contribution >= 4 is 6.03 Å². The minimum Gasteiger partial charge on any atom is -0.494 e. The largest absolute Gasteiger partial charge is 0.494 e. The molecule has 0 atom stereocenters. The quantitative estimate of drug-likeness (QED) is 0.654. The van der Waals surface area contributed by atoms with Gasteiger partial charge in [-0.05, 0) is 29.7 Å². The minimum atomic E-state index is -0.152. The third-order valence-electron chi connectivity index (χ3n) is 4.67. The average Bonchev–Trinajstić information content (AvgIpc) is 2.74. The second-order valence-electron chi connectivity index (χ2n) is 6.78. The van der Waals surface area contributed by atoms with Gasteiger partial charge in [-0.15, -0.1) is 0 Å². The van der Waals surface area contributed by atoms with Crippen molar-refractivity contribution in [3.63, 3.8) is 0 Å². The van der Waals surface area contributed by atoms with Crippen LogP contribution in [-0.4, -0.2) is 50.4 Å². The summed E-state index contributed by atoms with van der Waals surface area (Å²) >= 11 is 0. The lowest BCUT2D eigenvalue weighted by Crippen LogP contribution is -2.37. The third-order valence-corrected chi connectivity index (χ3v) is 4.67. The molecular formula is C22H29N3O3. The molecule has 6 nitrogen and oxygen atoms in total. The number of para-hydroxylation sites is 1. The Bertz CT molecular complexity index is 718. The molecule has 3 rings (SSSR count). The molecule has 0 unspecified atom stereocenters. The molecule has 1 fully saturated rings. The predicted octanol–water partition coefficient (Wildman–Crippen LogP) is 2.79. The maximum absolute atomic E-state index is 12.1. The van der Waals surface area contributed by atoms with Crippen LogP contribution in [0, 0.1) is 0 Å². The summed E-state index contributed by atoms with van der Waals surface area (Å²) in [6.45, 7) is 6.04. The fourth-order valence-corrected chi connectivity index (χ4v) is 3.10. The minimum absolute atomic E-state index is 0.152. The first-order chi connectivity index (χ1) is 13.8. The first-order valence-electron chi connectivity index (χ1n) is 9.88. The van der Waals surface area contributed by atoms with Crippen molar-refractivity contribution in [2.45, 2.75) is 19.5 Å². The molecular weight excluding hydrogens is 354 g/mol. The molecule has 0 radical (unpaired) electrons. The van der Waals surface area contributed by atoms with Gasteiger partial charge < -0.3 is 20.1 Å². The van der Waals surface area contributed by atoms with E-state index in [-0.39, 0.29) is 6.03 Å². The SMILES string of the molecule is O=C(NCCCOc1ccccc1)NCc1ccccc1CN1CCOCC1. The van der Waals surface area contributed by atoms with Crippen LogP contribution in [0.3, 0.4) is 0 Å². The Morgan fingerprint density at radius 2 is 1.68 bits per heavy atom. The summed E-state index contributed by atoms with van der Waals surface area (Å²) in [5, 5.41) is 5.83. The van der Waals surface area contributed by atoms with Crippen molar-refractivity contribution in [1.82, 2.24) is 15.5 Å². The highest BCUT2D eigenvalue weighted by Crippen LogP contribution is 2.13. The van der Waals surface area contributed by atoms with E-state index in [0.29, 0.717) is 19.7 Å². The van der Waals surface area contributed by atoms with E-state index in [1.165, 1.54) is 5.56 Å². The zero-order valence-corrected chi connectivity index (χ0v) is 16.2. The van der Waals surface area contributed by atoms with E-state index in [9.17, 15) is 4.79 Å². The molecule has 0 aromatic heterocycles. The number of hydrogen-bond acceptors (Lipinski definition) is 4. The lowest BCUT2D eigenvalue weighted by Gasteiger charge is -2.27. The van der Waals surface area contributed by atoms with Gasteiger partial charge in [0.05, 0.1) is 19.8 Å². The lowest BCUT2D eigenvalue weighted by atomic mass is 10.1. The van der Waals surface area contributed by atoms with Crippen LogP contribution in [0.25, 0.3) is 0 Å². The van der Waals surface area contributed by atoms with Crippen molar-refractivity contribution in [3.05, 3.63) is 65.7 Å². The number of morpholine rings is 1. The molecule has 2 amide bonds. The number of nitrogens with one attached hydrogen (secondary N) is 2. The molecule has 28 heavy (non-hydrogen) atoms. The molecule has 1 saturated heterocycles. The molecule has 2 aromatic carbocycles. The Morgan fingerprint density at radius 3 is 2.46 bits per heavy atom. The first kappa shape index (κ1) is 20.2. The van der Waals surface area contributed by atoms with Crippen LogP contribution in [0.1, 0.15) is 17.5 Å². The number of amides is 2. The smallest absolute Gasteiger partial charge is 0.315 e. The van der Waals surface area contributed by atoms with Crippen LogP contribution in [0.2, 0.25) is 0 Å². The summed E-state index contributed by atoms with van der Waals surface area (Å²) in [5.74, 6) is 0.851. The number of hydrogen-bond donors (Lipinski definition) is 2.